The Morgan fingerprint density at radius 1 is 0.800 bits per heavy atom. The van der Waals surface area contributed by atoms with Crippen LogP contribution < -0.4 is 16.0 Å². The van der Waals surface area contributed by atoms with Crippen molar-refractivity contribution in [2.24, 2.45) is 0 Å². The van der Waals surface area contributed by atoms with Gasteiger partial charge >= 0.3 is 0 Å². The second-order valence-electron chi connectivity index (χ2n) is 3.52. The highest BCUT2D eigenvalue weighted by molar-refractivity contribution is 5.80. The van der Waals surface area contributed by atoms with Crippen molar-refractivity contribution in [1.29, 1.82) is 0 Å². The van der Waals surface area contributed by atoms with Gasteiger partial charge in [-0.25, -0.2) is 0 Å². The Bertz CT molecular complexity index is 408. The number of fused-ring (bicyclic) bond motifs is 1. The van der Waals surface area contributed by atoms with Gasteiger partial charge in [-0.05, 0) is 29.3 Å². The van der Waals surface area contributed by atoms with Gasteiger partial charge in [-0.15, -0.1) is 0 Å². The molecule has 1 radical (unpaired) electrons. The van der Waals surface area contributed by atoms with Gasteiger partial charge in [-0.2, -0.15) is 0 Å². The van der Waals surface area contributed by atoms with Crippen LogP contribution in [0.15, 0.2) is 17.8 Å². The lowest BCUT2D eigenvalue weighted by atomic mass is 10.1. The Hall–Kier alpha value is -1.64. The van der Waals surface area contributed by atoms with Crippen LogP contribution in [0, 0.1) is 6.42 Å². The first kappa shape index (κ1) is 9.90. The van der Waals surface area contributed by atoms with Crippen LogP contribution >= 0.6 is 0 Å². The predicted octanol–water partition coefficient (Wildman–Crippen LogP) is 1.90. The van der Waals surface area contributed by atoms with Crippen molar-refractivity contribution in [2.45, 2.75) is 0 Å². The molecule has 0 atom stereocenters. The number of benzene rings is 1. The van der Waals surface area contributed by atoms with Crippen LogP contribution in [-0.4, -0.2) is 21.1 Å². The van der Waals surface area contributed by atoms with E-state index in [-0.39, 0.29) is 0 Å². The Labute approximate surface area is 90.6 Å². The molecule has 1 aromatic carbocycles. The van der Waals surface area contributed by atoms with Crippen LogP contribution in [0.3, 0.4) is 0 Å². The van der Waals surface area contributed by atoms with E-state index in [1.54, 1.807) is 0 Å². The van der Waals surface area contributed by atoms with Crippen LogP contribution in [0.5, 0.6) is 0 Å². The molecular weight excluding hydrogens is 186 g/mol. The average Bonchev–Trinajstić information content (AvgIpc) is 2.68. The second-order valence-corrected chi connectivity index (χ2v) is 3.52. The number of nitrogens with one attached hydrogen (secondary N) is 3. The van der Waals surface area contributed by atoms with Crippen LogP contribution in [0.25, 0.3) is 6.08 Å². The van der Waals surface area contributed by atoms with Crippen LogP contribution in [-0.2, 0) is 0 Å². The minimum Gasteiger partial charge on any atom is -0.391 e. The van der Waals surface area contributed by atoms with Gasteiger partial charge in [-0.3, -0.25) is 0 Å². The van der Waals surface area contributed by atoms with Crippen molar-refractivity contribution in [1.82, 2.24) is 5.32 Å². The maximum atomic E-state index is 3.18. The van der Waals surface area contributed by atoms with Crippen molar-refractivity contribution >= 4 is 17.5 Å². The van der Waals surface area contributed by atoms with Crippen molar-refractivity contribution in [3.63, 3.8) is 0 Å². The zero-order valence-corrected chi connectivity index (χ0v) is 9.31. The molecule has 3 heteroatoms. The molecule has 0 saturated heterocycles. The molecule has 0 aromatic heterocycles. The second kappa shape index (κ2) is 3.85. The van der Waals surface area contributed by atoms with E-state index in [4.69, 9.17) is 0 Å². The summed E-state index contributed by atoms with van der Waals surface area (Å²) in [6, 6.07) is 4.31. The molecule has 0 bridgehead atoms. The standard InChI is InChI=1S/C12H16N3/c1-13-10-4-8-6-11(14-2)12(15-3)7-9(8)5-10/h4-7,13-15H,1-3H3. The van der Waals surface area contributed by atoms with Gasteiger partial charge in [0.2, 0.25) is 0 Å². The zero-order valence-electron chi connectivity index (χ0n) is 9.31. The fourth-order valence-electron chi connectivity index (χ4n) is 1.82. The summed E-state index contributed by atoms with van der Waals surface area (Å²) < 4.78 is 0. The van der Waals surface area contributed by atoms with E-state index in [1.165, 1.54) is 11.1 Å². The summed E-state index contributed by atoms with van der Waals surface area (Å²) in [5.74, 6) is 0. The Morgan fingerprint density at radius 2 is 1.40 bits per heavy atom. The molecule has 0 spiro atoms. The lowest BCUT2D eigenvalue weighted by Crippen LogP contribution is -2.03. The fourth-order valence-corrected chi connectivity index (χ4v) is 1.82. The number of hydrogen-bond acceptors (Lipinski definition) is 3. The van der Waals surface area contributed by atoms with E-state index in [0.29, 0.717) is 0 Å². The number of rotatable bonds is 3. The molecule has 2 rings (SSSR count). The normalized spacial score (nSPS) is 13.1. The Kier molecular flexibility index (Phi) is 2.54. The van der Waals surface area contributed by atoms with E-state index < -0.39 is 0 Å². The molecule has 1 aliphatic carbocycles. The maximum absolute atomic E-state index is 3.18. The predicted molar refractivity (Wildman–Crippen MR) is 66.0 cm³/mol. The molecule has 3 N–H and O–H groups in total. The number of allylic oxidation sites excluding steroid dienone is 1. The zero-order chi connectivity index (χ0) is 10.8. The molecule has 3 nitrogen and oxygen atoms in total. The molecular formula is C12H16N3. The molecule has 15 heavy (non-hydrogen) atoms. The molecule has 0 unspecified atom stereocenters. The van der Waals surface area contributed by atoms with Crippen LogP contribution in [0.1, 0.15) is 11.1 Å². The number of anilines is 2. The topological polar surface area (TPSA) is 36.1 Å². The van der Waals surface area contributed by atoms with E-state index >= 15 is 0 Å². The molecule has 0 fully saturated rings. The van der Waals surface area contributed by atoms with Crippen molar-refractivity contribution < 1.29 is 0 Å². The fraction of sp³-hybridized carbons (Fsp3) is 0.250. The van der Waals surface area contributed by atoms with Gasteiger partial charge in [0.25, 0.3) is 0 Å². The summed E-state index contributed by atoms with van der Waals surface area (Å²) in [5, 5.41) is 9.52. The molecule has 0 heterocycles. The summed E-state index contributed by atoms with van der Waals surface area (Å²) in [4.78, 5) is 0. The van der Waals surface area contributed by atoms with Gasteiger partial charge in [0, 0.05) is 33.3 Å². The Morgan fingerprint density at radius 3 is 1.93 bits per heavy atom. The number of hydrogen-bond donors (Lipinski definition) is 3. The van der Waals surface area contributed by atoms with Crippen LogP contribution in [0.4, 0.5) is 11.4 Å². The van der Waals surface area contributed by atoms with Crippen LogP contribution in [0.2, 0.25) is 0 Å². The maximum Gasteiger partial charge on any atom is 0.0579 e. The SMILES string of the molecule is CNC1=Cc2cc(NC)c(NC)cc2[CH]1. The van der Waals surface area contributed by atoms with Gasteiger partial charge in [0.05, 0.1) is 11.4 Å². The summed E-state index contributed by atoms with van der Waals surface area (Å²) in [7, 11) is 5.81. The summed E-state index contributed by atoms with van der Waals surface area (Å²) in [6.07, 6.45) is 4.30. The summed E-state index contributed by atoms with van der Waals surface area (Å²) >= 11 is 0. The first-order chi connectivity index (χ1) is 7.28. The van der Waals surface area contributed by atoms with Gasteiger partial charge in [-0.1, -0.05) is 0 Å². The highest BCUT2D eigenvalue weighted by Gasteiger charge is 2.14. The summed E-state index contributed by atoms with van der Waals surface area (Å²) in [6.45, 7) is 0. The van der Waals surface area contributed by atoms with Gasteiger partial charge in [0.1, 0.15) is 0 Å². The van der Waals surface area contributed by atoms with E-state index in [1.807, 2.05) is 21.1 Å². The third-order valence-corrected chi connectivity index (χ3v) is 2.67. The minimum absolute atomic E-state index is 1.12. The monoisotopic (exact) mass is 202 g/mol. The molecule has 79 valence electrons. The highest BCUT2D eigenvalue weighted by Crippen LogP contribution is 2.32. The summed E-state index contributed by atoms with van der Waals surface area (Å²) in [5.41, 5.74) is 5.90. The average molecular weight is 202 g/mol. The van der Waals surface area contributed by atoms with Gasteiger partial charge in [0.15, 0.2) is 0 Å². The third kappa shape index (κ3) is 1.65. The van der Waals surface area contributed by atoms with E-state index in [0.717, 1.165) is 17.1 Å². The number of likely N-dealkylation sites (N-methyl/N-ethyl adjacent to an activating group) is 1. The van der Waals surface area contributed by atoms with Crippen molar-refractivity contribution in [3.8, 4) is 0 Å². The quantitative estimate of drug-likeness (QED) is 0.700. The van der Waals surface area contributed by atoms with Gasteiger partial charge < -0.3 is 16.0 Å². The molecule has 0 saturated carbocycles. The minimum atomic E-state index is 1.12. The first-order valence-electron chi connectivity index (χ1n) is 5.06. The van der Waals surface area contributed by atoms with E-state index in [2.05, 4.69) is 40.6 Å². The molecule has 1 aromatic rings. The first-order valence-corrected chi connectivity index (χ1v) is 5.06. The Balaban J connectivity index is 2.42. The molecule has 1 aliphatic rings. The van der Waals surface area contributed by atoms with E-state index in [9.17, 15) is 0 Å². The highest BCUT2D eigenvalue weighted by atomic mass is 14.9. The van der Waals surface area contributed by atoms with Crippen molar-refractivity contribution in [3.05, 3.63) is 35.4 Å². The molecule has 0 aliphatic heterocycles. The lowest BCUT2D eigenvalue weighted by Gasteiger charge is -2.11. The smallest absolute Gasteiger partial charge is 0.0579 e. The largest absolute Gasteiger partial charge is 0.391 e. The lowest BCUT2D eigenvalue weighted by molar-refractivity contribution is 1.03. The third-order valence-electron chi connectivity index (χ3n) is 2.67. The molecule has 0 amide bonds. The van der Waals surface area contributed by atoms with Crippen molar-refractivity contribution in [2.75, 3.05) is 31.8 Å².